The number of likely N-dealkylation sites (tertiary alicyclic amines) is 1. The normalized spacial score (nSPS) is 20.3. The van der Waals surface area contributed by atoms with Gasteiger partial charge in [0, 0.05) is 13.1 Å². The van der Waals surface area contributed by atoms with Gasteiger partial charge < -0.3 is 10.6 Å². The molecule has 0 unspecified atom stereocenters. The van der Waals surface area contributed by atoms with Gasteiger partial charge in [-0.2, -0.15) is 0 Å². The smallest absolute Gasteiger partial charge is 0.188 e. The molecule has 0 atom stereocenters. The number of hydrogen-bond donors (Lipinski definition) is 2. The Kier molecular flexibility index (Phi) is 2.74. The van der Waals surface area contributed by atoms with Crippen LogP contribution in [0, 0.1) is 11.3 Å². The van der Waals surface area contributed by atoms with E-state index in [1.165, 1.54) is 19.3 Å². The monoisotopic (exact) mass is 155 g/mol. The first-order valence-electron chi connectivity index (χ1n) is 4.33. The molecule has 0 bridgehead atoms. The van der Waals surface area contributed by atoms with Crippen LogP contribution in [0.25, 0.3) is 0 Å². The van der Waals surface area contributed by atoms with Crippen LogP contribution >= 0.6 is 0 Å². The lowest BCUT2D eigenvalue weighted by molar-refractivity contribution is 0.258. The average molecular weight is 155 g/mol. The average Bonchev–Trinajstić information content (AvgIpc) is 2.05. The van der Waals surface area contributed by atoms with Crippen LogP contribution in [0.5, 0.6) is 0 Å². The Morgan fingerprint density at radius 1 is 1.55 bits per heavy atom. The lowest BCUT2D eigenvalue weighted by Gasteiger charge is -2.31. The third-order valence-corrected chi connectivity index (χ3v) is 2.53. The predicted molar refractivity (Wildman–Crippen MR) is 46.5 cm³/mol. The van der Waals surface area contributed by atoms with Crippen molar-refractivity contribution in [1.29, 1.82) is 5.41 Å². The summed E-state index contributed by atoms with van der Waals surface area (Å²) in [6.07, 6.45) is 3.68. The summed E-state index contributed by atoms with van der Waals surface area (Å²) in [4.78, 5) is 1.95. The van der Waals surface area contributed by atoms with E-state index in [0.29, 0.717) is 0 Å². The zero-order valence-corrected chi connectivity index (χ0v) is 7.14. The zero-order chi connectivity index (χ0) is 8.27. The van der Waals surface area contributed by atoms with E-state index < -0.39 is 0 Å². The molecule has 0 saturated carbocycles. The molecule has 0 spiro atoms. The molecule has 0 aromatic heterocycles. The van der Waals surface area contributed by atoms with Crippen LogP contribution in [0.2, 0.25) is 0 Å². The number of guanidine groups is 1. The van der Waals surface area contributed by atoms with E-state index in [4.69, 9.17) is 11.1 Å². The number of hydrogen-bond acceptors (Lipinski definition) is 1. The Balaban J connectivity index is 2.30. The second-order valence-electron chi connectivity index (χ2n) is 3.22. The van der Waals surface area contributed by atoms with Crippen molar-refractivity contribution >= 4 is 5.96 Å². The lowest BCUT2D eigenvalue weighted by atomic mass is 9.95. The van der Waals surface area contributed by atoms with E-state index in [9.17, 15) is 0 Å². The van der Waals surface area contributed by atoms with Gasteiger partial charge in [-0.25, -0.2) is 0 Å². The van der Waals surface area contributed by atoms with Gasteiger partial charge in [0.05, 0.1) is 0 Å². The minimum absolute atomic E-state index is 0.236. The Hall–Kier alpha value is -0.730. The predicted octanol–water partition coefficient (Wildman–Crippen LogP) is 1.00. The van der Waals surface area contributed by atoms with E-state index in [-0.39, 0.29) is 5.96 Å². The van der Waals surface area contributed by atoms with Gasteiger partial charge >= 0.3 is 0 Å². The van der Waals surface area contributed by atoms with E-state index >= 15 is 0 Å². The largest absolute Gasteiger partial charge is 0.370 e. The van der Waals surface area contributed by atoms with Crippen LogP contribution in [0.15, 0.2) is 0 Å². The van der Waals surface area contributed by atoms with Crippen LogP contribution in [0.1, 0.15) is 26.2 Å². The summed E-state index contributed by atoms with van der Waals surface area (Å²) in [6.45, 7) is 4.19. The minimum Gasteiger partial charge on any atom is -0.370 e. The maximum atomic E-state index is 7.22. The van der Waals surface area contributed by atoms with Gasteiger partial charge in [0.2, 0.25) is 0 Å². The van der Waals surface area contributed by atoms with E-state index in [1.54, 1.807) is 0 Å². The maximum Gasteiger partial charge on any atom is 0.188 e. The quantitative estimate of drug-likeness (QED) is 0.438. The van der Waals surface area contributed by atoms with Gasteiger partial charge in [-0.05, 0) is 18.8 Å². The Morgan fingerprint density at radius 2 is 2.09 bits per heavy atom. The summed E-state index contributed by atoms with van der Waals surface area (Å²) < 4.78 is 0. The van der Waals surface area contributed by atoms with Crippen molar-refractivity contribution in [2.24, 2.45) is 11.7 Å². The van der Waals surface area contributed by atoms with E-state index in [1.807, 2.05) is 4.90 Å². The first-order valence-corrected chi connectivity index (χ1v) is 4.33. The van der Waals surface area contributed by atoms with Crippen LogP contribution in [0.3, 0.4) is 0 Å². The van der Waals surface area contributed by atoms with Gasteiger partial charge in [-0.15, -0.1) is 0 Å². The van der Waals surface area contributed by atoms with Crippen molar-refractivity contribution in [3.05, 3.63) is 0 Å². The molecule has 0 aromatic carbocycles. The molecule has 64 valence electrons. The fourth-order valence-corrected chi connectivity index (χ4v) is 1.58. The van der Waals surface area contributed by atoms with Crippen molar-refractivity contribution in [1.82, 2.24) is 4.90 Å². The zero-order valence-electron chi connectivity index (χ0n) is 7.14. The van der Waals surface area contributed by atoms with Gasteiger partial charge in [0.25, 0.3) is 0 Å². The first kappa shape index (κ1) is 8.37. The number of nitrogens with two attached hydrogens (primary N) is 1. The molecular weight excluding hydrogens is 138 g/mol. The number of nitrogens with one attached hydrogen (secondary N) is 1. The Bertz CT molecular complexity index is 136. The minimum atomic E-state index is 0.236. The molecule has 0 radical (unpaired) electrons. The number of nitrogens with zero attached hydrogens (tertiary/aromatic N) is 1. The molecule has 3 nitrogen and oxygen atoms in total. The highest BCUT2D eigenvalue weighted by Gasteiger charge is 2.17. The van der Waals surface area contributed by atoms with Gasteiger partial charge in [-0.3, -0.25) is 5.41 Å². The van der Waals surface area contributed by atoms with Crippen LogP contribution in [-0.4, -0.2) is 23.9 Å². The molecule has 1 fully saturated rings. The Morgan fingerprint density at radius 3 is 2.45 bits per heavy atom. The maximum absolute atomic E-state index is 7.22. The molecule has 0 aliphatic carbocycles. The van der Waals surface area contributed by atoms with Crippen LogP contribution < -0.4 is 5.73 Å². The fourth-order valence-electron chi connectivity index (χ4n) is 1.58. The topological polar surface area (TPSA) is 53.1 Å². The summed E-state index contributed by atoms with van der Waals surface area (Å²) in [6, 6.07) is 0. The van der Waals surface area contributed by atoms with E-state index in [2.05, 4.69) is 6.92 Å². The summed E-state index contributed by atoms with van der Waals surface area (Å²) in [7, 11) is 0. The van der Waals surface area contributed by atoms with Crippen molar-refractivity contribution in [2.45, 2.75) is 26.2 Å². The molecule has 3 heteroatoms. The molecule has 1 rings (SSSR count). The summed E-state index contributed by atoms with van der Waals surface area (Å²) in [5.41, 5.74) is 5.36. The van der Waals surface area contributed by atoms with Crippen molar-refractivity contribution in [2.75, 3.05) is 13.1 Å². The molecule has 3 N–H and O–H groups in total. The Labute approximate surface area is 68.1 Å². The van der Waals surface area contributed by atoms with E-state index in [0.717, 1.165) is 19.0 Å². The highest BCUT2D eigenvalue weighted by atomic mass is 15.2. The standard InChI is InChI=1S/C8H17N3/c1-2-7-3-5-11(6-4-7)8(9)10/h7H,2-6H2,1H3,(H3,9,10). The van der Waals surface area contributed by atoms with Crippen molar-refractivity contribution in [3.63, 3.8) is 0 Å². The second-order valence-corrected chi connectivity index (χ2v) is 3.22. The third-order valence-electron chi connectivity index (χ3n) is 2.53. The highest BCUT2D eigenvalue weighted by molar-refractivity contribution is 5.74. The number of rotatable bonds is 1. The number of piperidine rings is 1. The summed E-state index contributed by atoms with van der Waals surface area (Å²) in [5.74, 6) is 1.10. The SMILES string of the molecule is CCC1CCN(C(=N)N)CC1. The van der Waals surface area contributed by atoms with Crippen LogP contribution in [-0.2, 0) is 0 Å². The second kappa shape index (κ2) is 3.60. The highest BCUT2D eigenvalue weighted by Crippen LogP contribution is 2.19. The third kappa shape index (κ3) is 2.10. The molecule has 1 aliphatic rings. The van der Waals surface area contributed by atoms with Gasteiger partial charge in [-0.1, -0.05) is 13.3 Å². The molecule has 0 amide bonds. The first-order chi connectivity index (χ1) is 5.24. The molecule has 1 saturated heterocycles. The molecule has 0 aromatic rings. The summed E-state index contributed by atoms with van der Waals surface area (Å²) >= 11 is 0. The summed E-state index contributed by atoms with van der Waals surface area (Å²) in [5, 5.41) is 7.22. The molecule has 1 heterocycles. The van der Waals surface area contributed by atoms with Crippen LogP contribution in [0.4, 0.5) is 0 Å². The van der Waals surface area contributed by atoms with Crippen molar-refractivity contribution in [3.8, 4) is 0 Å². The van der Waals surface area contributed by atoms with Gasteiger partial charge in [0.1, 0.15) is 0 Å². The fraction of sp³-hybridized carbons (Fsp3) is 0.875. The van der Waals surface area contributed by atoms with Crippen molar-refractivity contribution < 1.29 is 0 Å². The molecule has 1 aliphatic heterocycles. The van der Waals surface area contributed by atoms with Gasteiger partial charge in [0.15, 0.2) is 5.96 Å². The molecular formula is C8H17N3. The molecule has 11 heavy (non-hydrogen) atoms. The lowest BCUT2D eigenvalue weighted by Crippen LogP contribution is -2.42.